The number of rotatable bonds is 4. The number of benzene rings is 2. The third-order valence-corrected chi connectivity index (χ3v) is 3.70. The summed E-state index contributed by atoms with van der Waals surface area (Å²) in [5.74, 6) is 0. The third kappa shape index (κ3) is 3.59. The molecule has 2 aromatic rings. The zero-order valence-corrected chi connectivity index (χ0v) is 13.6. The minimum atomic E-state index is -0.619. The number of urea groups is 1. The Morgan fingerprint density at radius 3 is 2.23 bits per heavy atom. The second-order valence-electron chi connectivity index (χ2n) is 5.34. The second-order valence-corrected chi connectivity index (χ2v) is 5.78. The van der Waals surface area contributed by atoms with E-state index in [1.165, 1.54) is 12.2 Å². The van der Waals surface area contributed by atoms with Crippen LogP contribution >= 0.6 is 11.6 Å². The molecular weight excluding hydrogens is 300 g/mol. The van der Waals surface area contributed by atoms with E-state index in [4.69, 9.17) is 16.4 Å². The largest absolute Gasteiger partial charge is 0.346 e. The maximum atomic E-state index is 12.5. The molecule has 1 N–H and O–H groups in total. The van der Waals surface area contributed by atoms with Crippen molar-refractivity contribution in [2.75, 3.05) is 12.4 Å². The molecule has 0 aliphatic carbocycles. The molecule has 2 amide bonds. The fourth-order valence-electron chi connectivity index (χ4n) is 2.24. The molecule has 0 atom stereocenters. The topological polar surface area (TPSA) is 41.6 Å². The number of halogens is 1. The summed E-state index contributed by atoms with van der Waals surface area (Å²) in [6, 6.07) is 16.3. The van der Waals surface area contributed by atoms with Crippen LogP contribution in [0.15, 0.2) is 54.6 Å². The van der Waals surface area contributed by atoms with Gasteiger partial charge in [-0.25, -0.2) is 4.79 Å². The Bertz CT molecular complexity index is 627. The van der Waals surface area contributed by atoms with Crippen molar-refractivity contribution >= 4 is 23.3 Å². The molecule has 0 aliphatic heterocycles. The van der Waals surface area contributed by atoms with Gasteiger partial charge in [0.25, 0.3) is 0 Å². The first-order valence-corrected chi connectivity index (χ1v) is 7.29. The van der Waals surface area contributed by atoms with Gasteiger partial charge in [0, 0.05) is 10.7 Å². The van der Waals surface area contributed by atoms with Crippen molar-refractivity contribution in [1.29, 1.82) is 0 Å². The molecule has 0 heterocycles. The first kappa shape index (κ1) is 16.3. The molecule has 4 nitrogen and oxygen atoms in total. The van der Waals surface area contributed by atoms with E-state index < -0.39 is 5.54 Å². The van der Waals surface area contributed by atoms with Crippen LogP contribution in [-0.4, -0.2) is 18.2 Å². The van der Waals surface area contributed by atoms with Crippen LogP contribution in [0.3, 0.4) is 0 Å². The lowest BCUT2D eigenvalue weighted by Crippen LogP contribution is -2.46. The summed E-state index contributed by atoms with van der Waals surface area (Å²) in [7, 11) is 1.48. The van der Waals surface area contributed by atoms with E-state index in [0.717, 1.165) is 5.56 Å². The van der Waals surface area contributed by atoms with Crippen LogP contribution in [0, 0.1) is 0 Å². The van der Waals surface area contributed by atoms with Gasteiger partial charge in [0.2, 0.25) is 0 Å². The van der Waals surface area contributed by atoms with E-state index in [0.29, 0.717) is 10.7 Å². The first-order valence-electron chi connectivity index (χ1n) is 6.91. The van der Waals surface area contributed by atoms with Crippen molar-refractivity contribution < 1.29 is 9.63 Å². The van der Waals surface area contributed by atoms with E-state index in [-0.39, 0.29) is 6.03 Å². The maximum absolute atomic E-state index is 12.5. The minimum absolute atomic E-state index is 0.348. The van der Waals surface area contributed by atoms with Gasteiger partial charge in [0.1, 0.15) is 0 Å². The van der Waals surface area contributed by atoms with E-state index in [9.17, 15) is 4.79 Å². The standard InChI is InChI=1S/C17H19ClN2O2/c1-17(2,13-7-5-4-6-8-13)20(22-3)16(21)19-15-11-9-14(18)10-12-15/h4-12H,1-3H3,(H,19,21). The van der Waals surface area contributed by atoms with Crippen LogP contribution in [0.1, 0.15) is 19.4 Å². The highest BCUT2D eigenvalue weighted by atomic mass is 35.5. The van der Waals surface area contributed by atoms with E-state index in [1.54, 1.807) is 24.3 Å². The Kier molecular flexibility index (Phi) is 5.06. The van der Waals surface area contributed by atoms with E-state index >= 15 is 0 Å². The van der Waals surface area contributed by atoms with Crippen LogP contribution in [0.5, 0.6) is 0 Å². The van der Waals surface area contributed by atoms with Gasteiger partial charge in [0.05, 0.1) is 12.6 Å². The van der Waals surface area contributed by atoms with Gasteiger partial charge in [0.15, 0.2) is 0 Å². The summed E-state index contributed by atoms with van der Waals surface area (Å²) in [5.41, 5.74) is 1.01. The van der Waals surface area contributed by atoms with E-state index in [1.807, 2.05) is 44.2 Å². The van der Waals surface area contributed by atoms with Crippen molar-refractivity contribution in [3.8, 4) is 0 Å². The summed E-state index contributed by atoms with van der Waals surface area (Å²) < 4.78 is 0. The number of carbonyl (C=O) groups is 1. The Morgan fingerprint density at radius 2 is 1.68 bits per heavy atom. The van der Waals surface area contributed by atoms with Gasteiger partial charge in [-0.15, -0.1) is 0 Å². The highest BCUT2D eigenvalue weighted by Crippen LogP contribution is 2.28. The molecular formula is C17H19ClN2O2. The Hall–Kier alpha value is -2.04. The first-order chi connectivity index (χ1) is 10.4. The van der Waals surface area contributed by atoms with Gasteiger partial charge in [-0.1, -0.05) is 41.9 Å². The van der Waals surface area contributed by atoms with Gasteiger partial charge in [-0.05, 0) is 43.7 Å². The van der Waals surface area contributed by atoms with E-state index in [2.05, 4.69) is 5.32 Å². The third-order valence-electron chi connectivity index (χ3n) is 3.45. The Balaban J connectivity index is 2.19. The van der Waals surface area contributed by atoms with Gasteiger partial charge in [-0.3, -0.25) is 4.84 Å². The molecule has 0 radical (unpaired) electrons. The van der Waals surface area contributed by atoms with Crippen molar-refractivity contribution in [2.45, 2.75) is 19.4 Å². The van der Waals surface area contributed by atoms with Crippen LogP contribution in [0.4, 0.5) is 10.5 Å². The number of carbonyl (C=O) groups excluding carboxylic acids is 1. The monoisotopic (exact) mass is 318 g/mol. The molecule has 0 unspecified atom stereocenters. The number of hydrogen-bond acceptors (Lipinski definition) is 2. The summed E-state index contributed by atoms with van der Waals surface area (Å²) >= 11 is 5.84. The lowest BCUT2D eigenvalue weighted by atomic mass is 9.94. The molecule has 0 spiro atoms. The normalized spacial score (nSPS) is 11.1. The van der Waals surface area contributed by atoms with Gasteiger partial charge >= 0.3 is 6.03 Å². The summed E-state index contributed by atoms with van der Waals surface area (Å²) in [6.45, 7) is 3.85. The highest BCUT2D eigenvalue weighted by molar-refractivity contribution is 6.30. The second kappa shape index (κ2) is 6.81. The molecule has 2 rings (SSSR count). The SMILES string of the molecule is CON(C(=O)Nc1ccc(Cl)cc1)C(C)(C)c1ccccc1. The lowest BCUT2D eigenvalue weighted by molar-refractivity contribution is -0.147. The van der Waals surface area contributed by atoms with Crippen molar-refractivity contribution in [3.05, 3.63) is 65.2 Å². The molecule has 22 heavy (non-hydrogen) atoms. The minimum Gasteiger partial charge on any atom is -0.306 e. The maximum Gasteiger partial charge on any atom is 0.346 e. The number of anilines is 1. The molecule has 5 heteroatoms. The summed E-state index contributed by atoms with van der Waals surface area (Å²) in [4.78, 5) is 17.8. The summed E-state index contributed by atoms with van der Waals surface area (Å²) in [6.07, 6.45) is 0. The van der Waals surface area contributed by atoms with Crippen LogP contribution in [0.2, 0.25) is 5.02 Å². The van der Waals surface area contributed by atoms with Crippen LogP contribution in [-0.2, 0) is 10.4 Å². The number of nitrogens with one attached hydrogen (secondary N) is 1. The molecule has 0 saturated carbocycles. The lowest BCUT2D eigenvalue weighted by Gasteiger charge is -2.36. The predicted octanol–water partition coefficient (Wildman–Crippen LogP) is 4.67. The van der Waals surface area contributed by atoms with Crippen molar-refractivity contribution in [2.24, 2.45) is 0 Å². The van der Waals surface area contributed by atoms with Crippen LogP contribution in [0.25, 0.3) is 0 Å². The Morgan fingerprint density at radius 1 is 1.09 bits per heavy atom. The Labute approximate surface area is 135 Å². The average Bonchev–Trinajstić information content (AvgIpc) is 2.51. The molecule has 0 fully saturated rings. The smallest absolute Gasteiger partial charge is 0.306 e. The number of hydroxylamine groups is 2. The van der Waals surface area contributed by atoms with Gasteiger partial charge in [-0.2, -0.15) is 5.06 Å². The predicted molar refractivity (Wildman–Crippen MR) is 88.8 cm³/mol. The molecule has 2 aromatic carbocycles. The number of amides is 2. The fraction of sp³-hybridized carbons (Fsp3) is 0.235. The van der Waals surface area contributed by atoms with Crippen molar-refractivity contribution in [3.63, 3.8) is 0 Å². The summed E-state index contributed by atoms with van der Waals surface area (Å²) in [5, 5.41) is 4.73. The number of nitrogens with zero attached hydrogens (tertiary/aromatic N) is 1. The zero-order valence-electron chi connectivity index (χ0n) is 12.8. The molecule has 0 aliphatic rings. The number of hydrogen-bond donors (Lipinski definition) is 1. The fourth-order valence-corrected chi connectivity index (χ4v) is 2.36. The van der Waals surface area contributed by atoms with Crippen molar-refractivity contribution in [1.82, 2.24) is 5.06 Å². The molecule has 116 valence electrons. The molecule has 0 bridgehead atoms. The van der Waals surface area contributed by atoms with Gasteiger partial charge < -0.3 is 5.32 Å². The van der Waals surface area contributed by atoms with Crippen LogP contribution < -0.4 is 5.32 Å². The zero-order chi connectivity index (χ0) is 16.2. The average molecular weight is 319 g/mol. The molecule has 0 aromatic heterocycles. The molecule has 0 saturated heterocycles. The quantitative estimate of drug-likeness (QED) is 0.832. The highest BCUT2D eigenvalue weighted by Gasteiger charge is 2.33.